The molecule has 1 amide bonds. The van der Waals surface area contributed by atoms with Gasteiger partial charge in [-0.1, -0.05) is 30.3 Å². The number of fused-ring (bicyclic) bond motifs is 2. The van der Waals surface area contributed by atoms with Crippen LogP contribution < -0.4 is 10.2 Å². The van der Waals surface area contributed by atoms with Gasteiger partial charge in [-0.05, 0) is 37.0 Å². The van der Waals surface area contributed by atoms with Gasteiger partial charge in [0, 0.05) is 31.9 Å². The lowest BCUT2D eigenvalue weighted by molar-refractivity contribution is -0.0801. The van der Waals surface area contributed by atoms with Gasteiger partial charge in [-0.3, -0.25) is 4.79 Å². The second kappa shape index (κ2) is 8.03. The predicted octanol–water partition coefficient (Wildman–Crippen LogP) is 2.36. The molecule has 0 atom stereocenters. The number of ether oxygens (including phenoxy) is 1. The van der Waals surface area contributed by atoms with E-state index in [9.17, 15) is 4.79 Å². The number of carbonyl (C=O) groups is 1. The minimum Gasteiger partial charge on any atom is -0.368 e. The van der Waals surface area contributed by atoms with Crippen LogP contribution in [0.1, 0.15) is 34.6 Å². The number of hydrogen-bond donors (Lipinski definition) is 1. The van der Waals surface area contributed by atoms with Crippen LogP contribution >= 0.6 is 0 Å². The summed E-state index contributed by atoms with van der Waals surface area (Å²) in [5.41, 5.74) is 3.12. The van der Waals surface area contributed by atoms with Crippen LogP contribution in [0.3, 0.4) is 0 Å². The maximum absolute atomic E-state index is 11.7. The third kappa shape index (κ3) is 3.63. The number of piperidine rings is 1. The maximum Gasteiger partial charge on any atom is 0.271 e. The van der Waals surface area contributed by atoms with Crippen molar-refractivity contribution in [2.75, 3.05) is 31.6 Å². The number of aromatic nitrogens is 4. The predicted molar refractivity (Wildman–Crippen MR) is 116 cm³/mol. The first-order valence-electron chi connectivity index (χ1n) is 10.5. The van der Waals surface area contributed by atoms with Crippen molar-refractivity contribution < 1.29 is 9.53 Å². The largest absolute Gasteiger partial charge is 0.368 e. The number of hydrogen-bond acceptors (Lipinski definition) is 7. The third-order valence-corrected chi connectivity index (χ3v) is 6.08. The Labute approximate surface area is 180 Å². The Kier molecular flexibility index (Phi) is 5.07. The summed E-state index contributed by atoms with van der Waals surface area (Å²) in [5.74, 6) is 1.27. The Morgan fingerprint density at radius 1 is 1.10 bits per heavy atom. The number of benzene rings is 1. The van der Waals surface area contributed by atoms with E-state index in [-0.39, 0.29) is 5.91 Å². The number of nitrogens with one attached hydrogen (secondary N) is 1. The highest BCUT2D eigenvalue weighted by Gasteiger charge is 2.43. The molecule has 2 aliphatic heterocycles. The standard InChI is InChI=1S/C23H24N6O2/c1-24-22(30)18-7-8-19(28-27-18)29-12-10-23(11-13-29)20-17(9-14-31-23)15-25-21(26-20)16-5-3-2-4-6-16/h2-8,15H,9-14H2,1H3,(H,24,30). The molecule has 0 aliphatic carbocycles. The number of amides is 1. The van der Waals surface area contributed by atoms with Crippen LogP contribution in [-0.2, 0) is 16.8 Å². The highest BCUT2D eigenvalue weighted by atomic mass is 16.5. The Balaban J connectivity index is 1.38. The topological polar surface area (TPSA) is 93.1 Å². The van der Waals surface area contributed by atoms with Crippen molar-refractivity contribution >= 4 is 11.7 Å². The van der Waals surface area contributed by atoms with Gasteiger partial charge in [0.25, 0.3) is 5.91 Å². The van der Waals surface area contributed by atoms with E-state index in [1.807, 2.05) is 42.6 Å². The summed E-state index contributed by atoms with van der Waals surface area (Å²) in [6.07, 6.45) is 4.42. The van der Waals surface area contributed by atoms with Gasteiger partial charge in [-0.25, -0.2) is 9.97 Å². The van der Waals surface area contributed by atoms with Crippen molar-refractivity contribution in [3.8, 4) is 11.4 Å². The molecule has 2 aromatic heterocycles. The normalized spacial score (nSPS) is 17.3. The summed E-state index contributed by atoms with van der Waals surface area (Å²) in [6.45, 7) is 2.23. The summed E-state index contributed by atoms with van der Waals surface area (Å²) < 4.78 is 6.37. The van der Waals surface area contributed by atoms with Crippen molar-refractivity contribution in [1.82, 2.24) is 25.5 Å². The van der Waals surface area contributed by atoms with Gasteiger partial charge in [-0.15, -0.1) is 10.2 Å². The summed E-state index contributed by atoms with van der Waals surface area (Å²) in [7, 11) is 1.58. The lowest BCUT2D eigenvalue weighted by atomic mass is 9.83. The number of anilines is 1. The molecule has 8 heteroatoms. The zero-order valence-corrected chi connectivity index (χ0v) is 17.4. The Bertz CT molecular complexity index is 1080. The van der Waals surface area contributed by atoms with Crippen LogP contribution in [0.15, 0.2) is 48.7 Å². The van der Waals surface area contributed by atoms with Crippen LogP contribution in [0, 0.1) is 0 Å². The number of rotatable bonds is 3. The van der Waals surface area contributed by atoms with Crippen molar-refractivity contribution in [2.45, 2.75) is 24.9 Å². The quantitative estimate of drug-likeness (QED) is 0.701. The van der Waals surface area contributed by atoms with Gasteiger partial charge in [0.15, 0.2) is 17.3 Å². The van der Waals surface area contributed by atoms with Crippen LogP contribution in [-0.4, -0.2) is 52.8 Å². The Morgan fingerprint density at radius 2 is 1.90 bits per heavy atom. The fraction of sp³-hybridized carbons (Fsp3) is 0.348. The molecule has 1 N–H and O–H groups in total. The summed E-state index contributed by atoms with van der Waals surface area (Å²) in [6, 6.07) is 13.6. The van der Waals surface area contributed by atoms with Crippen LogP contribution in [0.2, 0.25) is 0 Å². The molecule has 31 heavy (non-hydrogen) atoms. The molecule has 1 spiro atoms. The fourth-order valence-electron chi connectivity index (χ4n) is 4.36. The molecular weight excluding hydrogens is 392 g/mol. The maximum atomic E-state index is 11.7. The second-order valence-electron chi connectivity index (χ2n) is 7.87. The first-order chi connectivity index (χ1) is 15.2. The molecule has 158 valence electrons. The van der Waals surface area contributed by atoms with E-state index in [1.54, 1.807) is 13.1 Å². The molecule has 1 fully saturated rings. The molecule has 2 aliphatic rings. The van der Waals surface area contributed by atoms with E-state index in [0.29, 0.717) is 12.3 Å². The lowest BCUT2D eigenvalue weighted by Crippen LogP contribution is -2.47. The van der Waals surface area contributed by atoms with Crippen molar-refractivity contribution in [3.05, 3.63) is 65.6 Å². The SMILES string of the molecule is CNC(=O)c1ccc(N2CCC3(CC2)OCCc2cnc(-c4ccccc4)nc23)nn1. The highest BCUT2D eigenvalue weighted by Crippen LogP contribution is 2.41. The monoisotopic (exact) mass is 416 g/mol. The van der Waals surface area contributed by atoms with E-state index in [2.05, 4.69) is 25.4 Å². The van der Waals surface area contributed by atoms with E-state index in [4.69, 9.17) is 9.72 Å². The fourth-order valence-corrected chi connectivity index (χ4v) is 4.36. The first kappa shape index (κ1) is 19.6. The van der Waals surface area contributed by atoms with Gasteiger partial charge >= 0.3 is 0 Å². The molecule has 0 radical (unpaired) electrons. The Morgan fingerprint density at radius 3 is 2.61 bits per heavy atom. The molecule has 0 saturated carbocycles. The third-order valence-electron chi connectivity index (χ3n) is 6.08. The summed E-state index contributed by atoms with van der Waals surface area (Å²) >= 11 is 0. The molecule has 0 bridgehead atoms. The minimum absolute atomic E-state index is 0.238. The zero-order valence-electron chi connectivity index (χ0n) is 17.4. The van der Waals surface area contributed by atoms with E-state index in [0.717, 1.165) is 55.3 Å². The van der Waals surface area contributed by atoms with E-state index >= 15 is 0 Å². The van der Waals surface area contributed by atoms with Gasteiger partial charge < -0.3 is 15.0 Å². The molecule has 4 heterocycles. The number of carbonyl (C=O) groups excluding carboxylic acids is 1. The number of nitrogens with zero attached hydrogens (tertiary/aromatic N) is 5. The average Bonchev–Trinajstić information content (AvgIpc) is 2.85. The van der Waals surface area contributed by atoms with Gasteiger partial charge in [0.2, 0.25) is 0 Å². The van der Waals surface area contributed by atoms with E-state index in [1.165, 1.54) is 5.56 Å². The summed E-state index contributed by atoms with van der Waals surface area (Å²) in [4.78, 5) is 23.5. The molecular formula is C23H24N6O2. The van der Waals surface area contributed by atoms with Crippen LogP contribution in [0.25, 0.3) is 11.4 Å². The first-order valence-corrected chi connectivity index (χ1v) is 10.5. The van der Waals surface area contributed by atoms with Gasteiger partial charge in [-0.2, -0.15) is 0 Å². The highest BCUT2D eigenvalue weighted by molar-refractivity contribution is 5.91. The molecule has 8 nitrogen and oxygen atoms in total. The molecule has 1 aromatic carbocycles. The molecule has 1 saturated heterocycles. The van der Waals surface area contributed by atoms with Crippen LogP contribution in [0.5, 0.6) is 0 Å². The second-order valence-corrected chi connectivity index (χ2v) is 7.87. The lowest BCUT2D eigenvalue weighted by Gasteiger charge is -2.44. The van der Waals surface area contributed by atoms with Gasteiger partial charge in [0.1, 0.15) is 5.60 Å². The Hall–Kier alpha value is -3.39. The van der Waals surface area contributed by atoms with Crippen LogP contribution in [0.4, 0.5) is 5.82 Å². The van der Waals surface area contributed by atoms with Gasteiger partial charge in [0.05, 0.1) is 12.3 Å². The minimum atomic E-state index is -0.397. The van der Waals surface area contributed by atoms with Crippen molar-refractivity contribution in [1.29, 1.82) is 0 Å². The smallest absolute Gasteiger partial charge is 0.271 e. The van der Waals surface area contributed by atoms with E-state index < -0.39 is 5.60 Å². The van der Waals surface area contributed by atoms with Crippen molar-refractivity contribution in [3.63, 3.8) is 0 Å². The van der Waals surface area contributed by atoms with Crippen molar-refractivity contribution in [2.24, 2.45) is 0 Å². The molecule has 3 aromatic rings. The summed E-state index contributed by atoms with van der Waals surface area (Å²) in [5, 5.41) is 10.9. The average molecular weight is 416 g/mol. The zero-order chi connectivity index (χ0) is 21.3. The molecule has 5 rings (SSSR count). The molecule has 0 unspecified atom stereocenters.